The van der Waals surface area contributed by atoms with Crippen LogP contribution in [0.2, 0.25) is 18.1 Å². The summed E-state index contributed by atoms with van der Waals surface area (Å²) < 4.78 is 73.8. The van der Waals surface area contributed by atoms with Crippen LogP contribution < -0.4 is 0 Å². The summed E-state index contributed by atoms with van der Waals surface area (Å²) in [6.45, 7) is 28.3. The lowest BCUT2D eigenvalue weighted by Gasteiger charge is -2.52. The Morgan fingerprint density at radius 2 is 1.49 bits per heavy atom. The average molecular weight is 1530 g/mol. The van der Waals surface area contributed by atoms with Crippen LogP contribution >= 0.6 is 0 Å². The summed E-state index contributed by atoms with van der Waals surface area (Å²) in [5, 5.41) is 12.2. The number of hydrogen-bond donors (Lipinski definition) is 1. The second-order valence-corrected chi connectivity index (χ2v) is 38.8. The highest BCUT2D eigenvalue weighted by Gasteiger charge is 2.66. The van der Waals surface area contributed by atoms with Gasteiger partial charge in [-0.3, -0.25) is 38.4 Å². The average Bonchev–Trinajstić information content (AvgIpc) is 1.36. The molecule has 5 heterocycles. The molecule has 0 spiro atoms. The van der Waals surface area contributed by atoms with Crippen molar-refractivity contribution in [1.29, 1.82) is 0 Å². The minimum absolute atomic E-state index is 0.0152. The van der Waals surface area contributed by atoms with Crippen molar-refractivity contribution in [2.45, 2.75) is 289 Å². The van der Waals surface area contributed by atoms with Crippen molar-refractivity contribution in [3.05, 3.63) is 81.9 Å². The van der Waals surface area contributed by atoms with Gasteiger partial charge in [0.25, 0.3) is 11.7 Å². The topological polar surface area (TPSA) is 309 Å². The van der Waals surface area contributed by atoms with Crippen molar-refractivity contribution in [3.8, 4) is 0 Å². The first-order chi connectivity index (χ1) is 50.8. The van der Waals surface area contributed by atoms with Gasteiger partial charge in [0, 0.05) is 89.1 Å². The van der Waals surface area contributed by atoms with Gasteiger partial charge in [0.05, 0.1) is 36.4 Å². The van der Waals surface area contributed by atoms with Crippen molar-refractivity contribution in [3.63, 3.8) is 0 Å². The molecule has 2 bridgehead atoms. The molecule has 21 atom stereocenters. The number of allylic oxidation sites excluding steroid dienone is 7. The van der Waals surface area contributed by atoms with Crippen molar-refractivity contribution in [1.82, 2.24) is 4.90 Å². The van der Waals surface area contributed by atoms with Crippen molar-refractivity contribution in [2.24, 2.45) is 46.8 Å². The molecule has 1 N–H and O–H groups in total. The number of amides is 1. The van der Waals surface area contributed by atoms with E-state index in [1.807, 2.05) is 65.0 Å². The Hall–Kier alpha value is -6.58. The number of carbonyl (C=O) groups excluding carboxylic acids is 10. The predicted molar refractivity (Wildman–Crippen MR) is 399 cm³/mol. The van der Waals surface area contributed by atoms with Gasteiger partial charge in [-0.15, -0.1) is 0 Å². The molecule has 1 amide bonds. The van der Waals surface area contributed by atoms with Crippen LogP contribution in [0.15, 0.2) is 69.4 Å². The van der Waals surface area contributed by atoms with Crippen molar-refractivity contribution in [2.75, 3.05) is 41.6 Å². The maximum atomic E-state index is 15.2. The molecule has 25 heteroatoms. The molecule has 1 aromatic heterocycles. The molecular weight excluding hydrogens is 1410 g/mol. The van der Waals surface area contributed by atoms with Gasteiger partial charge in [-0.2, -0.15) is 0 Å². The fourth-order valence-electron chi connectivity index (χ4n) is 18.1. The van der Waals surface area contributed by atoms with E-state index in [1.54, 1.807) is 48.0 Å². The number of rotatable bonds is 15. The Bertz CT molecular complexity index is 3700. The zero-order valence-electron chi connectivity index (χ0n) is 67.0. The maximum Gasteiger partial charge on any atom is 0.342 e. The number of esters is 5. The van der Waals surface area contributed by atoms with Crippen LogP contribution in [-0.2, 0) is 95.6 Å². The third-order valence-electron chi connectivity index (χ3n) is 25.4. The van der Waals surface area contributed by atoms with Gasteiger partial charge in [0.1, 0.15) is 54.5 Å². The number of ketones is 4. The molecule has 0 aromatic carbocycles. The van der Waals surface area contributed by atoms with E-state index in [4.69, 9.17) is 56.2 Å². The summed E-state index contributed by atoms with van der Waals surface area (Å²) in [5.74, 6) is -14.0. The van der Waals surface area contributed by atoms with Gasteiger partial charge in [0.15, 0.2) is 32.1 Å². The largest absolute Gasteiger partial charge is 0.461 e. The highest BCUT2D eigenvalue weighted by atomic mass is 28.4. The molecule has 598 valence electrons. The monoisotopic (exact) mass is 1530 g/mol. The number of aliphatic hydroxyl groups is 1. The van der Waals surface area contributed by atoms with Gasteiger partial charge < -0.3 is 66.2 Å². The number of hydrogen-bond acceptors (Lipinski definition) is 23. The van der Waals surface area contributed by atoms with Crippen molar-refractivity contribution >= 4 is 67.2 Å². The Morgan fingerprint density at radius 3 is 2.16 bits per heavy atom. The molecule has 1 aromatic rings. The number of cyclic esters (lactones) is 2. The summed E-state index contributed by atoms with van der Waals surface area (Å²) in [6, 6.07) is -1.25. The SMILES string of the molecule is COC[C@H]1OC(=O)c2coc3c2[C@@]1(C)C1=C(C3=O)[C@@H]2CC[C@H](OC(=O)CC(=O)O[C@@H]3/C(C)=C/[C@@H](C)C(=O)C[C@@H]([C@@H](C)C[C@@H]4CC[C@@H](O[Si](C)(C)C(C)(C)C)[C@H](OC)C4)OC(=O)[C@@H]4CCCCN4C(=O)C(=O)[C@]4(O)O[C@@H](CC[C@H]4C)C[C@H](OC)/C(C)=C/C=C/C=C/[C@@H](C)C[C@@H](C)C(=O)[C@@H]3OC)[C@@]2(C)C[C@H]1OC(C)=O. The summed E-state index contributed by atoms with van der Waals surface area (Å²) in [6.07, 6.45) is 8.09. The lowest BCUT2D eigenvalue weighted by Crippen LogP contribution is -2.61. The Labute approximate surface area is 637 Å². The molecular formula is C83H119NO23Si. The highest BCUT2D eigenvalue weighted by Crippen LogP contribution is 2.63. The number of piperidine rings is 1. The van der Waals surface area contributed by atoms with E-state index >= 15 is 9.59 Å². The number of furan rings is 1. The zero-order chi connectivity index (χ0) is 79.4. The van der Waals surface area contributed by atoms with E-state index in [-0.39, 0.29) is 91.2 Å². The van der Waals surface area contributed by atoms with Gasteiger partial charge in [0.2, 0.25) is 11.6 Å². The number of carbonyl (C=O) groups is 10. The maximum absolute atomic E-state index is 15.2. The molecule has 0 unspecified atom stereocenters. The summed E-state index contributed by atoms with van der Waals surface area (Å²) in [5.41, 5.74) is -0.104. The Morgan fingerprint density at radius 1 is 0.778 bits per heavy atom. The fraction of sp³-hybridized carbons (Fsp3) is 0.711. The van der Waals surface area contributed by atoms with Crippen LogP contribution in [0.4, 0.5) is 0 Å². The molecule has 24 nitrogen and oxygen atoms in total. The molecule has 4 aliphatic heterocycles. The molecule has 9 rings (SSSR count). The second kappa shape index (κ2) is 35.0. The van der Waals surface area contributed by atoms with Crippen LogP contribution in [0.5, 0.6) is 0 Å². The quantitative estimate of drug-likeness (QED) is 0.0426. The smallest absolute Gasteiger partial charge is 0.342 e. The molecule has 8 aliphatic rings. The predicted octanol–water partition coefficient (Wildman–Crippen LogP) is 12.0. The number of methoxy groups -OCH3 is 4. The lowest BCUT2D eigenvalue weighted by atomic mass is 9.54. The summed E-state index contributed by atoms with van der Waals surface area (Å²) in [7, 11) is 3.80. The molecule has 2 saturated heterocycles. The normalized spacial score (nSPS) is 37.0. The van der Waals surface area contributed by atoms with Gasteiger partial charge in [-0.25, -0.2) is 9.59 Å². The first-order valence-electron chi connectivity index (χ1n) is 38.9. The van der Waals surface area contributed by atoms with Crippen LogP contribution in [0.1, 0.15) is 219 Å². The number of fused-ring (bicyclic) bond motifs is 6. The number of nitrogens with zero attached hydrogens (tertiary/aromatic N) is 1. The molecule has 2 saturated carbocycles. The molecule has 4 fully saturated rings. The van der Waals surface area contributed by atoms with E-state index in [0.717, 1.165) is 18.4 Å². The Balaban J connectivity index is 1.02. The van der Waals surface area contributed by atoms with Crippen LogP contribution in [0.25, 0.3) is 0 Å². The highest BCUT2D eigenvalue weighted by molar-refractivity contribution is 6.74. The standard InChI is InChI=1S/C83H119NO23Si/c1-45-25-21-20-22-26-46(2)60(97-15)39-54-30-28-51(7)83(95,106-54)76(91)77(92)84-34-24-23-27-57(84)79(94)102-61(48(4)37-53-29-32-59(62(38-53)98-16)107-108(18,19)80(9,10)11)40-58(86)47(3)36-50(6)73(75(99-17)71(89)49(5)35-45)105-67(88)41-66(87)103-64-33-31-56-68-70(63(101-52(8)85)42-81(56,64)12)82(13)65(44-96-14)104-78(93)55-43-100-74(69(55)82)72(68)90/h20-22,25-26,36,43,45,47-49,51,53-54,56-57,59-65,73,75,95H,23-24,27-35,37-42,44H2,1-19H3/b22-20+,25-21+,46-26+,50-36+/t45-,47-,48+,49-,51-,53+,54+,56+,57+,59-,60+,61+,62-,63-,64+,65-,73-,75+,81+,82+,83-/m1/s1. The first kappa shape index (κ1) is 85.4. The van der Waals surface area contributed by atoms with Crippen LogP contribution in [-0.4, -0.2) is 192 Å². The van der Waals surface area contributed by atoms with Gasteiger partial charge in [-0.05, 0) is 163 Å². The minimum Gasteiger partial charge on any atom is -0.461 e. The summed E-state index contributed by atoms with van der Waals surface area (Å²) >= 11 is 0. The van der Waals surface area contributed by atoms with Crippen molar-refractivity contribution < 1.29 is 109 Å². The molecule has 108 heavy (non-hydrogen) atoms. The van der Waals surface area contributed by atoms with E-state index in [1.165, 1.54) is 32.3 Å². The molecule has 4 aliphatic carbocycles. The van der Waals surface area contributed by atoms with Crippen LogP contribution in [0.3, 0.4) is 0 Å². The second-order valence-electron chi connectivity index (χ2n) is 34.1. The fourth-order valence-corrected chi connectivity index (χ4v) is 19.5. The van der Waals surface area contributed by atoms with E-state index in [0.29, 0.717) is 68.1 Å². The first-order valence-corrected chi connectivity index (χ1v) is 41.8. The number of ether oxygens (including phenoxy) is 10. The van der Waals surface area contributed by atoms with Gasteiger partial charge in [-0.1, -0.05) is 98.8 Å². The third kappa shape index (κ3) is 18.0. The van der Waals surface area contributed by atoms with Crippen LogP contribution in [0, 0.1) is 46.8 Å². The number of Topliss-reactive ketones (excluding diaryl/α,β-unsaturated/α-hetero) is 4. The third-order valence-corrected chi connectivity index (χ3v) is 29.9. The van der Waals surface area contributed by atoms with E-state index in [2.05, 4.69) is 33.9 Å². The summed E-state index contributed by atoms with van der Waals surface area (Å²) in [4.78, 5) is 146. The van der Waals surface area contributed by atoms with Gasteiger partial charge >= 0.3 is 29.8 Å². The lowest BCUT2D eigenvalue weighted by molar-refractivity contribution is -0.265. The molecule has 0 radical (unpaired) electrons. The zero-order valence-corrected chi connectivity index (χ0v) is 68.0. The van der Waals surface area contributed by atoms with E-state index in [9.17, 15) is 43.5 Å². The van der Waals surface area contributed by atoms with E-state index < -0.39 is 175 Å². The Kier molecular flexibility index (Phi) is 27.7. The minimum atomic E-state index is -2.51.